The first-order valence-corrected chi connectivity index (χ1v) is 5.61. The fourth-order valence-corrected chi connectivity index (χ4v) is 1.72. The first kappa shape index (κ1) is 15.8. The first-order valence-electron chi connectivity index (χ1n) is 5.61. The maximum Gasteiger partial charge on any atom is 0.347 e. The summed E-state index contributed by atoms with van der Waals surface area (Å²) in [5, 5.41) is 36.9. The largest absolute Gasteiger partial charge is 0.479 e. The van der Waals surface area contributed by atoms with Crippen molar-refractivity contribution in [1.29, 1.82) is 0 Å². The monoisotopic (exact) mass is 282 g/mol. The highest BCUT2D eigenvalue weighted by Gasteiger charge is 2.54. The number of rotatable bonds is 5. The molecule has 2 atom stereocenters. The van der Waals surface area contributed by atoms with Crippen molar-refractivity contribution >= 4 is 17.7 Å². The van der Waals surface area contributed by atoms with Crippen LogP contribution in [0.5, 0.6) is 0 Å². The number of carbonyl (C=O) groups excluding carboxylic acids is 1. The number of hydrogen-bond donors (Lipinski definition) is 4. The van der Waals surface area contributed by atoms with Crippen molar-refractivity contribution in [2.75, 3.05) is 0 Å². The van der Waals surface area contributed by atoms with Gasteiger partial charge in [-0.1, -0.05) is 18.2 Å². The molecular weight excluding hydrogens is 268 g/mol. The van der Waals surface area contributed by atoms with Gasteiger partial charge in [-0.3, -0.25) is 4.79 Å². The Kier molecular flexibility index (Phi) is 4.26. The second-order valence-electron chi connectivity index (χ2n) is 4.39. The number of carboxylic acids is 2. The van der Waals surface area contributed by atoms with Crippen molar-refractivity contribution in [3.8, 4) is 0 Å². The molecule has 4 N–H and O–H groups in total. The molecule has 7 heteroatoms. The summed E-state index contributed by atoms with van der Waals surface area (Å²) < 4.78 is 0. The number of carbonyl (C=O) groups is 3. The Bertz CT molecular complexity index is 578. The molecule has 0 unspecified atom stereocenters. The molecule has 0 radical (unpaired) electrons. The van der Waals surface area contributed by atoms with E-state index in [1.54, 1.807) is 13.0 Å². The Morgan fingerprint density at radius 2 is 1.70 bits per heavy atom. The van der Waals surface area contributed by atoms with Crippen LogP contribution >= 0.6 is 0 Å². The summed E-state index contributed by atoms with van der Waals surface area (Å²) in [5.74, 6) is -5.51. The molecule has 0 amide bonds. The number of Topliss-reactive ketones (excluding diaryl/α,β-unsaturated/α-hetero) is 1. The zero-order valence-electron chi connectivity index (χ0n) is 10.8. The number of aliphatic hydroxyl groups is 2. The van der Waals surface area contributed by atoms with Crippen LogP contribution in [-0.2, 0) is 9.59 Å². The fraction of sp³-hybridized carbons (Fsp3) is 0.308. The van der Waals surface area contributed by atoms with E-state index in [1.807, 2.05) is 0 Å². The summed E-state index contributed by atoms with van der Waals surface area (Å²) >= 11 is 0. The quantitative estimate of drug-likeness (QED) is 0.432. The van der Waals surface area contributed by atoms with Crippen LogP contribution < -0.4 is 0 Å². The topological polar surface area (TPSA) is 132 Å². The molecule has 0 bridgehead atoms. The normalized spacial score (nSPS) is 15.2. The molecule has 20 heavy (non-hydrogen) atoms. The second-order valence-corrected chi connectivity index (χ2v) is 4.39. The van der Waals surface area contributed by atoms with Gasteiger partial charge in [0, 0.05) is 5.56 Å². The molecule has 108 valence electrons. The Morgan fingerprint density at radius 1 is 1.15 bits per heavy atom. The molecule has 0 fully saturated rings. The van der Waals surface area contributed by atoms with Gasteiger partial charge in [-0.25, -0.2) is 9.59 Å². The lowest BCUT2D eigenvalue weighted by Crippen LogP contribution is -2.59. The summed E-state index contributed by atoms with van der Waals surface area (Å²) in [4.78, 5) is 34.0. The van der Waals surface area contributed by atoms with Crippen LogP contribution in [-0.4, -0.2) is 49.9 Å². The SMILES string of the molecule is Cc1cccc(C(=O)[C@](O)(C(=O)O)[C@@H](O)C(=O)O)c1C. The van der Waals surface area contributed by atoms with Gasteiger partial charge in [0.25, 0.3) is 5.60 Å². The summed E-state index contributed by atoms with van der Waals surface area (Å²) in [6, 6.07) is 4.39. The fourth-order valence-electron chi connectivity index (χ4n) is 1.72. The average Bonchev–Trinajstić information content (AvgIpc) is 2.38. The Morgan fingerprint density at radius 3 is 2.15 bits per heavy atom. The second kappa shape index (κ2) is 5.40. The number of ketones is 1. The molecule has 0 aliphatic rings. The summed E-state index contributed by atoms with van der Waals surface area (Å²) in [6.07, 6.45) is -2.77. The van der Waals surface area contributed by atoms with Gasteiger partial charge in [-0.05, 0) is 25.0 Å². The number of aliphatic hydroxyl groups excluding tert-OH is 1. The Balaban J connectivity index is 3.44. The Hall–Kier alpha value is -2.25. The van der Waals surface area contributed by atoms with E-state index in [2.05, 4.69) is 0 Å². The predicted molar refractivity (Wildman–Crippen MR) is 66.5 cm³/mol. The maximum absolute atomic E-state index is 12.2. The van der Waals surface area contributed by atoms with E-state index in [-0.39, 0.29) is 5.56 Å². The minimum Gasteiger partial charge on any atom is -0.479 e. The lowest BCUT2D eigenvalue weighted by atomic mass is 9.85. The van der Waals surface area contributed by atoms with Crippen molar-refractivity contribution in [3.63, 3.8) is 0 Å². The highest BCUT2D eigenvalue weighted by atomic mass is 16.4. The minimum atomic E-state index is -3.44. The van der Waals surface area contributed by atoms with E-state index >= 15 is 0 Å². The van der Waals surface area contributed by atoms with Crippen LogP contribution in [0.2, 0.25) is 0 Å². The smallest absolute Gasteiger partial charge is 0.347 e. The predicted octanol–water partition coefficient (Wildman–Crippen LogP) is -0.253. The van der Waals surface area contributed by atoms with Crippen molar-refractivity contribution in [3.05, 3.63) is 34.9 Å². The molecule has 0 aromatic heterocycles. The van der Waals surface area contributed by atoms with E-state index < -0.39 is 29.4 Å². The van der Waals surface area contributed by atoms with Gasteiger partial charge in [0.1, 0.15) is 0 Å². The maximum atomic E-state index is 12.2. The summed E-state index contributed by atoms with van der Waals surface area (Å²) in [7, 11) is 0. The van der Waals surface area contributed by atoms with E-state index in [0.29, 0.717) is 11.1 Å². The molecule has 1 aromatic rings. The average molecular weight is 282 g/mol. The third-order valence-electron chi connectivity index (χ3n) is 3.15. The molecule has 0 aliphatic heterocycles. The highest BCUT2D eigenvalue weighted by molar-refractivity contribution is 6.18. The van der Waals surface area contributed by atoms with Crippen LogP contribution in [0.1, 0.15) is 21.5 Å². The molecule has 7 nitrogen and oxygen atoms in total. The molecular formula is C13H14O7. The standard InChI is InChI=1S/C13H14O7/c1-6-4-3-5-8(7(6)2)9(14)13(20,12(18)19)10(15)11(16)17/h3-5,10,15,20H,1-2H3,(H,16,17)(H,18,19)/t10-,13+/m0/s1. The first-order chi connectivity index (χ1) is 9.13. The number of benzene rings is 1. The number of carboxylic acid groups (broad SMARTS) is 2. The molecule has 0 heterocycles. The van der Waals surface area contributed by atoms with Crippen LogP contribution in [0.25, 0.3) is 0 Å². The van der Waals surface area contributed by atoms with E-state index in [4.69, 9.17) is 10.2 Å². The zero-order chi connectivity index (χ0) is 15.7. The lowest BCUT2D eigenvalue weighted by molar-refractivity contribution is -0.175. The van der Waals surface area contributed by atoms with E-state index in [9.17, 15) is 24.6 Å². The third-order valence-corrected chi connectivity index (χ3v) is 3.15. The van der Waals surface area contributed by atoms with Crippen LogP contribution in [0.15, 0.2) is 18.2 Å². The Labute approximate surface area is 114 Å². The van der Waals surface area contributed by atoms with Crippen molar-refractivity contribution in [1.82, 2.24) is 0 Å². The van der Waals surface area contributed by atoms with Crippen LogP contribution in [0.3, 0.4) is 0 Å². The lowest BCUT2D eigenvalue weighted by Gasteiger charge is -2.25. The van der Waals surface area contributed by atoms with E-state index in [1.165, 1.54) is 19.1 Å². The molecule has 0 saturated carbocycles. The molecule has 1 aromatic carbocycles. The van der Waals surface area contributed by atoms with Gasteiger partial charge in [0.15, 0.2) is 6.10 Å². The van der Waals surface area contributed by atoms with Crippen molar-refractivity contribution < 1.29 is 34.8 Å². The van der Waals surface area contributed by atoms with E-state index in [0.717, 1.165) is 0 Å². The van der Waals surface area contributed by atoms with Gasteiger partial charge in [-0.2, -0.15) is 0 Å². The molecule has 0 aliphatic carbocycles. The number of aryl methyl sites for hydroxylation is 1. The minimum absolute atomic E-state index is 0.157. The van der Waals surface area contributed by atoms with Crippen molar-refractivity contribution in [2.45, 2.75) is 25.6 Å². The summed E-state index contributed by atoms with van der Waals surface area (Å²) in [6.45, 7) is 3.19. The highest BCUT2D eigenvalue weighted by Crippen LogP contribution is 2.23. The van der Waals surface area contributed by atoms with Gasteiger partial charge in [0.2, 0.25) is 5.78 Å². The van der Waals surface area contributed by atoms with Crippen LogP contribution in [0.4, 0.5) is 0 Å². The zero-order valence-corrected chi connectivity index (χ0v) is 10.8. The molecule has 1 rings (SSSR count). The van der Waals surface area contributed by atoms with Crippen LogP contribution in [0, 0.1) is 13.8 Å². The number of aliphatic carboxylic acids is 2. The third kappa shape index (κ3) is 2.40. The van der Waals surface area contributed by atoms with Gasteiger partial charge in [-0.15, -0.1) is 0 Å². The van der Waals surface area contributed by atoms with Gasteiger partial charge in [0.05, 0.1) is 0 Å². The number of hydrogen-bond acceptors (Lipinski definition) is 5. The molecule has 0 saturated heterocycles. The summed E-state index contributed by atoms with van der Waals surface area (Å²) in [5.41, 5.74) is -2.54. The van der Waals surface area contributed by atoms with Crippen molar-refractivity contribution in [2.24, 2.45) is 0 Å². The molecule has 0 spiro atoms. The van der Waals surface area contributed by atoms with Gasteiger partial charge >= 0.3 is 11.9 Å². The van der Waals surface area contributed by atoms with Gasteiger partial charge < -0.3 is 20.4 Å².